The molecule has 0 atom stereocenters. The van der Waals surface area contributed by atoms with Crippen LogP contribution in [0.25, 0.3) is 0 Å². The normalized spacial score (nSPS) is 11.7. The Morgan fingerprint density at radius 1 is 0.905 bits per heavy atom. The van der Waals surface area contributed by atoms with Gasteiger partial charge in [0.15, 0.2) is 0 Å². The predicted molar refractivity (Wildman–Crippen MR) is 90.5 cm³/mol. The summed E-state index contributed by atoms with van der Waals surface area (Å²) >= 11 is 0. The number of hydrogen-bond acceptors (Lipinski definition) is 4. The summed E-state index contributed by atoms with van der Waals surface area (Å²) in [4.78, 5) is 11.4. The van der Waals surface area contributed by atoms with Crippen LogP contribution in [0.15, 0.2) is 12.4 Å². The first-order valence-corrected chi connectivity index (χ1v) is 8.15. The largest absolute Gasteiger partial charge is 0.340 e. The maximum absolute atomic E-state index is 4.56. The number of rotatable bonds is 9. The van der Waals surface area contributed by atoms with Gasteiger partial charge in [-0.25, -0.2) is 9.97 Å². The topological polar surface area (TPSA) is 41.1 Å². The van der Waals surface area contributed by atoms with E-state index in [1.165, 1.54) is 0 Å². The molecule has 1 aromatic rings. The Kier molecular flexibility index (Phi) is 7.65. The van der Waals surface area contributed by atoms with Gasteiger partial charge in [0.25, 0.3) is 0 Å². The average Bonchev–Trinajstić information content (AvgIpc) is 2.37. The lowest BCUT2D eigenvalue weighted by Gasteiger charge is -2.26. The van der Waals surface area contributed by atoms with Gasteiger partial charge in [0, 0.05) is 37.6 Å². The van der Waals surface area contributed by atoms with Gasteiger partial charge in [0.2, 0.25) is 5.95 Å². The predicted octanol–water partition coefficient (Wildman–Crippen LogP) is 3.34. The molecule has 1 heterocycles. The summed E-state index contributed by atoms with van der Waals surface area (Å²) in [6.45, 7) is 17.2. The van der Waals surface area contributed by atoms with Crippen molar-refractivity contribution < 1.29 is 0 Å². The minimum absolute atomic E-state index is 0.611. The van der Waals surface area contributed by atoms with Crippen LogP contribution in [0.4, 0.5) is 5.95 Å². The van der Waals surface area contributed by atoms with Crippen LogP contribution >= 0.6 is 0 Å². The maximum atomic E-state index is 4.56. The first-order chi connectivity index (χ1) is 9.88. The number of nitrogens with zero attached hydrogens (tertiary/aromatic N) is 3. The van der Waals surface area contributed by atoms with Crippen molar-refractivity contribution in [1.82, 2.24) is 15.3 Å². The highest BCUT2D eigenvalue weighted by Gasteiger charge is 2.13. The van der Waals surface area contributed by atoms with Crippen molar-refractivity contribution in [2.45, 2.75) is 48.1 Å². The lowest BCUT2D eigenvalue weighted by Crippen LogP contribution is -2.32. The Morgan fingerprint density at radius 2 is 1.43 bits per heavy atom. The Hall–Kier alpha value is -1.16. The van der Waals surface area contributed by atoms with Crippen molar-refractivity contribution in [2.24, 2.45) is 17.8 Å². The first-order valence-electron chi connectivity index (χ1n) is 8.15. The first kappa shape index (κ1) is 17.9. The van der Waals surface area contributed by atoms with E-state index in [0.29, 0.717) is 17.8 Å². The molecule has 1 N–H and O–H groups in total. The van der Waals surface area contributed by atoms with Crippen molar-refractivity contribution in [2.75, 3.05) is 24.5 Å². The van der Waals surface area contributed by atoms with E-state index in [-0.39, 0.29) is 0 Å². The summed E-state index contributed by atoms with van der Waals surface area (Å²) < 4.78 is 0. The Balaban J connectivity index is 2.63. The number of hydrogen-bond donors (Lipinski definition) is 1. The van der Waals surface area contributed by atoms with Gasteiger partial charge in [-0.3, -0.25) is 0 Å². The molecule has 0 radical (unpaired) electrons. The zero-order valence-electron chi connectivity index (χ0n) is 14.6. The number of nitrogens with one attached hydrogen (secondary N) is 1. The second kappa shape index (κ2) is 8.98. The smallest absolute Gasteiger partial charge is 0.225 e. The van der Waals surface area contributed by atoms with Gasteiger partial charge in [0.1, 0.15) is 0 Å². The van der Waals surface area contributed by atoms with Crippen LogP contribution in [0.2, 0.25) is 0 Å². The minimum atomic E-state index is 0.611. The molecule has 0 aliphatic heterocycles. The molecule has 0 aliphatic carbocycles. The quantitative estimate of drug-likeness (QED) is 0.758. The fraction of sp³-hybridized carbons (Fsp3) is 0.765. The van der Waals surface area contributed by atoms with E-state index in [9.17, 15) is 0 Å². The van der Waals surface area contributed by atoms with Gasteiger partial charge in [-0.2, -0.15) is 0 Å². The van der Waals surface area contributed by atoms with Crippen LogP contribution in [-0.2, 0) is 6.54 Å². The monoisotopic (exact) mass is 292 g/mol. The maximum Gasteiger partial charge on any atom is 0.225 e. The molecule has 0 bridgehead atoms. The lowest BCUT2D eigenvalue weighted by molar-refractivity contribution is 0.541. The Labute approximate surface area is 130 Å². The van der Waals surface area contributed by atoms with E-state index in [4.69, 9.17) is 0 Å². The third-order valence-corrected chi connectivity index (χ3v) is 3.03. The molecule has 120 valence electrons. The van der Waals surface area contributed by atoms with Gasteiger partial charge in [-0.15, -0.1) is 0 Å². The van der Waals surface area contributed by atoms with E-state index < -0.39 is 0 Å². The Bertz CT molecular complexity index is 374. The zero-order chi connectivity index (χ0) is 15.8. The van der Waals surface area contributed by atoms with E-state index in [1.807, 2.05) is 12.4 Å². The molecule has 0 aromatic carbocycles. The number of aromatic nitrogens is 2. The van der Waals surface area contributed by atoms with Crippen LogP contribution in [0.1, 0.15) is 47.1 Å². The Morgan fingerprint density at radius 3 is 1.86 bits per heavy atom. The van der Waals surface area contributed by atoms with Gasteiger partial charge in [0.05, 0.1) is 0 Å². The minimum Gasteiger partial charge on any atom is -0.340 e. The van der Waals surface area contributed by atoms with Crippen LogP contribution in [0, 0.1) is 17.8 Å². The van der Waals surface area contributed by atoms with Gasteiger partial charge < -0.3 is 10.2 Å². The summed E-state index contributed by atoms with van der Waals surface area (Å²) in [7, 11) is 0. The van der Waals surface area contributed by atoms with Crippen molar-refractivity contribution in [3.8, 4) is 0 Å². The lowest BCUT2D eigenvalue weighted by atomic mass is 10.1. The zero-order valence-corrected chi connectivity index (χ0v) is 14.6. The molecule has 1 aromatic heterocycles. The second-order valence-electron chi connectivity index (χ2n) is 7.11. The molecule has 0 aliphatic rings. The van der Waals surface area contributed by atoms with Gasteiger partial charge in [-0.05, 0) is 24.3 Å². The van der Waals surface area contributed by atoms with Crippen molar-refractivity contribution >= 4 is 5.95 Å². The molecule has 1 rings (SSSR count). The summed E-state index contributed by atoms with van der Waals surface area (Å²) in [5.74, 6) is 2.74. The number of anilines is 1. The molecule has 0 saturated heterocycles. The van der Waals surface area contributed by atoms with Crippen molar-refractivity contribution in [3.05, 3.63) is 18.0 Å². The molecule has 4 nitrogen and oxygen atoms in total. The summed E-state index contributed by atoms with van der Waals surface area (Å²) in [5.41, 5.74) is 1.15. The van der Waals surface area contributed by atoms with Crippen LogP contribution in [-0.4, -0.2) is 29.6 Å². The SMILES string of the molecule is CC(C)CNCc1cnc(N(CC(C)C)CC(C)C)nc1. The van der Waals surface area contributed by atoms with E-state index in [2.05, 4.69) is 61.7 Å². The molecule has 4 heteroatoms. The summed E-state index contributed by atoms with van der Waals surface area (Å²) in [6, 6.07) is 0. The van der Waals surface area contributed by atoms with Crippen molar-refractivity contribution in [3.63, 3.8) is 0 Å². The second-order valence-corrected chi connectivity index (χ2v) is 7.11. The van der Waals surface area contributed by atoms with Crippen LogP contribution in [0.5, 0.6) is 0 Å². The third-order valence-electron chi connectivity index (χ3n) is 3.03. The highest BCUT2D eigenvalue weighted by molar-refractivity contribution is 5.30. The standard InChI is InChI=1S/C17H32N4/c1-13(2)7-18-8-16-9-19-17(20-10-16)21(11-14(3)4)12-15(5)6/h9-10,13-15,18H,7-8,11-12H2,1-6H3. The van der Waals surface area contributed by atoms with Crippen LogP contribution in [0.3, 0.4) is 0 Å². The van der Waals surface area contributed by atoms with E-state index in [1.54, 1.807) is 0 Å². The summed E-state index contributed by atoms with van der Waals surface area (Å²) in [5, 5.41) is 3.42. The fourth-order valence-corrected chi connectivity index (χ4v) is 2.23. The highest BCUT2D eigenvalue weighted by atomic mass is 15.2. The molecular weight excluding hydrogens is 260 g/mol. The fourth-order valence-electron chi connectivity index (χ4n) is 2.23. The van der Waals surface area contributed by atoms with Crippen molar-refractivity contribution in [1.29, 1.82) is 0 Å². The highest BCUT2D eigenvalue weighted by Crippen LogP contribution is 2.12. The molecular formula is C17H32N4. The molecule has 0 saturated carbocycles. The molecule has 0 fully saturated rings. The summed E-state index contributed by atoms with van der Waals surface area (Å²) in [6.07, 6.45) is 3.90. The molecule has 0 unspecified atom stereocenters. The third kappa shape index (κ3) is 7.42. The average molecular weight is 292 g/mol. The molecule has 0 amide bonds. The van der Waals surface area contributed by atoms with Gasteiger partial charge >= 0.3 is 0 Å². The van der Waals surface area contributed by atoms with Crippen LogP contribution < -0.4 is 10.2 Å². The molecule has 0 spiro atoms. The van der Waals surface area contributed by atoms with E-state index in [0.717, 1.165) is 37.7 Å². The molecule has 21 heavy (non-hydrogen) atoms. The van der Waals surface area contributed by atoms with E-state index >= 15 is 0 Å². The van der Waals surface area contributed by atoms with Gasteiger partial charge in [-0.1, -0.05) is 41.5 Å².